The Hall–Kier alpha value is -1.30. The van der Waals surface area contributed by atoms with Gasteiger partial charge < -0.3 is 21.3 Å². The van der Waals surface area contributed by atoms with Gasteiger partial charge in [0.25, 0.3) is 0 Å². The molecule has 0 spiro atoms. The molecule has 1 fully saturated rings. The predicted octanol–water partition coefficient (Wildman–Crippen LogP) is -1.13. The zero-order chi connectivity index (χ0) is 11.3. The molecule has 1 rings (SSSR count). The van der Waals surface area contributed by atoms with Crippen LogP contribution in [0, 0.1) is 0 Å². The number of likely N-dealkylation sites (tertiary alicyclic amines) is 1. The SMILES string of the molecule is CN1CCC(NC(=O)CNC(N)=O)CC1. The lowest BCUT2D eigenvalue weighted by Crippen LogP contribution is -2.47. The monoisotopic (exact) mass is 214 g/mol. The summed E-state index contributed by atoms with van der Waals surface area (Å²) in [6, 6.07) is -0.447. The highest BCUT2D eigenvalue weighted by Gasteiger charge is 2.18. The van der Waals surface area contributed by atoms with Crippen molar-refractivity contribution in [1.82, 2.24) is 15.5 Å². The molecule has 15 heavy (non-hydrogen) atoms. The molecule has 0 aliphatic carbocycles. The summed E-state index contributed by atoms with van der Waals surface area (Å²) in [5.41, 5.74) is 4.86. The molecule has 1 aliphatic rings. The zero-order valence-electron chi connectivity index (χ0n) is 8.95. The number of carbonyl (C=O) groups excluding carboxylic acids is 2. The topological polar surface area (TPSA) is 87.5 Å². The Labute approximate surface area is 89.2 Å². The lowest BCUT2D eigenvalue weighted by atomic mass is 10.1. The highest BCUT2D eigenvalue weighted by molar-refractivity contribution is 5.83. The van der Waals surface area contributed by atoms with Crippen LogP contribution in [-0.2, 0) is 4.79 Å². The predicted molar refractivity (Wildman–Crippen MR) is 56.2 cm³/mol. The van der Waals surface area contributed by atoms with Gasteiger partial charge in [-0.3, -0.25) is 4.79 Å². The molecule has 0 bridgehead atoms. The van der Waals surface area contributed by atoms with E-state index >= 15 is 0 Å². The fourth-order valence-electron chi connectivity index (χ4n) is 1.60. The summed E-state index contributed by atoms with van der Waals surface area (Å²) in [7, 11) is 2.06. The molecule has 1 aliphatic heterocycles. The maximum absolute atomic E-state index is 11.3. The lowest BCUT2D eigenvalue weighted by molar-refractivity contribution is -0.121. The van der Waals surface area contributed by atoms with Gasteiger partial charge in [0, 0.05) is 6.04 Å². The van der Waals surface area contributed by atoms with Gasteiger partial charge in [0.15, 0.2) is 0 Å². The number of nitrogens with zero attached hydrogens (tertiary/aromatic N) is 1. The van der Waals surface area contributed by atoms with Gasteiger partial charge in [-0.05, 0) is 33.0 Å². The second-order valence-electron chi connectivity index (χ2n) is 3.86. The first-order valence-corrected chi connectivity index (χ1v) is 5.09. The summed E-state index contributed by atoms with van der Waals surface area (Å²) < 4.78 is 0. The Balaban J connectivity index is 2.17. The van der Waals surface area contributed by atoms with Crippen LogP contribution >= 0.6 is 0 Å². The highest BCUT2D eigenvalue weighted by Crippen LogP contribution is 2.07. The molecular weight excluding hydrogens is 196 g/mol. The minimum atomic E-state index is -0.673. The average Bonchev–Trinajstić information content (AvgIpc) is 2.19. The molecule has 6 heteroatoms. The van der Waals surface area contributed by atoms with Gasteiger partial charge in [-0.25, -0.2) is 4.79 Å². The van der Waals surface area contributed by atoms with Gasteiger partial charge in [-0.15, -0.1) is 0 Å². The zero-order valence-corrected chi connectivity index (χ0v) is 8.95. The summed E-state index contributed by atoms with van der Waals surface area (Å²) >= 11 is 0. The largest absolute Gasteiger partial charge is 0.352 e. The van der Waals surface area contributed by atoms with E-state index in [0.717, 1.165) is 25.9 Å². The number of rotatable bonds is 3. The van der Waals surface area contributed by atoms with Crippen molar-refractivity contribution < 1.29 is 9.59 Å². The number of hydrogen-bond acceptors (Lipinski definition) is 3. The van der Waals surface area contributed by atoms with E-state index in [-0.39, 0.29) is 18.5 Å². The van der Waals surface area contributed by atoms with Crippen LogP contribution in [0.1, 0.15) is 12.8 Å². The molecule has 86 valence electrons. The Morgan fingerprint density at radius 3 is 2.53 bits per heavy atom. The Morgan fingerprint density at radius 2 is 2.00 bits per heavy atom. The third-order valence-electron chi connectivity index (χ3n) is 2.51. The van der Waals surface area contributed by atoms with Crippen LogP contribution < -0.4 is 16.4 Å². The van der Waals surface area contributed by atoms with Crippen molar-refractivity contribution in [2.45, 2.75) is 18.9 Å². The first-order chi connectivity index (χ1) is 7.08. The molecule has 6 nitrogen and oxygen atoms in total. The first-order valence-electron chi connectivity index (χ1n) is 5.09. The number of amides is 3. The molecule has 1 saturated heterocycles. The van der Waals surface area contributed by atoms with E-state index in [1.54, 1.807) is 0 Å². The first kappa shape index (κ1) is 11.8. The number of nitrogens with one attached hydrogen (secondary N) is 2. The molecule has 1 heterocycles. The number of piperidine rings is 1. The fourth-order valence-corrected chi connectivity index (χ4v) is 1.60. The maximum atomic E-state index is 11.3. The van der Waals surface area contributed by atoms with Crippen LogP contribution in [0.25, 0.3) is 0 Å². The smallest absolute Gasteiger partial charge is 0.312 e. The molecule has 4 N–H and O–H groups in total. The van der Waals surface area contributed by atoms with E-state index in [1.807, 2.05) is 0 Å². The van der Waals surface area contributed by atoms with Crippen molar-refractivity contribution in [1.29, 1.82) is 0 Å². The van der Waals surface area contributed by atoms with Crippen LogP contribution in [0.3, 0.4) is 0 Å². The molecule has 0 aromatic rings. The van der Waals surface area contributed by atoms with E-state index in [9.17, 15) is 9.59 Å². The lowest BCUT2D eigenvalue weighted by Gasteiger charge is -2.29. The van der Waals surface area contributed by atoms with Crippen molar-refractivity contribution >= 4 is 11.9 Å². The quantitative estimate of drug-likeness (QED) is 0.555. The van der Waals surface area contributed by atoms with Gasteiger partial charge in [0.1, 0.15) is 0 Å². The van der Waals surface area contributed by atoms with Gasteiger partial charge >= 0.3 is 6.03 Å². The third-order valence-corrected chi connectivity index (χ3v) is 2.51. The molecule has 3 amide bonds. The van der Waals surface area contributed by atoms with Crippen LogP contribution in [0.5, 0.6) is 0 Å². The minimum absolute atomic E-state index is 0.0400. The Morgan fingerprint density at radius 1 is 1.40 bits per heavy atom. The number of carbonyl (C=O) groups is 2. The van der Waals surface area contributed by atoms with Crippen LogP contribution in [0.4, 0.5) is 4.79 Å². The summed E-state index contributed by atoms with van der Waals surface area (Å²) in [6.45, 7) is 1.95. The number of primary amides is 1. The molecule has 0 radical (unpaired) electrons. The molecule has 0 aromatic carbocycles. The fraction of sp³-hybridized carbons (Fsp3) is 0.778. The summed E-state index contributed by atoms with van der Waals surface area (Å²) in [4.78, 5) is 23.9. The Kier molecular flexibility index (Phi) is 4.36. The average molecular weight is 214 g/mol. The summed E-state index contributed by atoms with van der Waals surface area (Å²) in [5, 5.41) is 5.12. The van der Waals surface area contributed by atoms with Crippen LogP contribution in [0.2, 0.25) is 0 Å². The highest BCUT2D eigenvalue weighted by atomic mass is 16.2. The number of nitrogens with two attached hydrogens (primary N) is 1. The number of hydrogen-bond donors (Lipinski definition) is 3. The Bertz CT molecular complexity index is 236. The third kappa shape index (κ3) is 4.64. The van der Waals surface area contributed by atoms with E-state index in [1.165, 1.54) is 0 Å². The van der Waals surface area contributed by atoms with E-state index < -0.39 is 6.03 Å². The van der Waals surface area contributed by atoms with E-state index in [0.29, 0.717) is 0 Å². The van der Waals surface area contributed by atoms with Gasteiger partial charge in [-0.1, -0.05) is 0 Å². The molecule has 0 saturated carbocycles. The molecule has 0 unspecified atom stereocenters. The minimum Gasteiger partial charge on any atom is -0.352 e. The molecular formula is C9H18N4O2. The second kappa shape index (κ2) is 5.55. The van der Waals surface area contributed by atoms with Gasteiger partial charge in [0.05, 0.1) is 6.54 Å². The number of urea groups is 1. The van der Waals surface area contributed by atoms with Crippen molar-refractivity contribution in [2.75, 3.05) is 26.7 Å². The van der Waals surface area contributed by atoms with E-state index in [4.69, 9.17) is 5.73 Å². The van der Waals surface area contributed by atoms with Crippen LogP contribution in [0.15, 0.2) is 0 Å². The summed E-state index contributed by atoms with van der Waals surface area (Å²) in [6.07, 6.45) is 1.91. The van der Waals surface area contributed by atoms with Crippen molar-refractivity contribution in [3.05, 3.63) is 0 Å². The van der Waals surface area contributed by atoms with Crippen molar-refractivity contribution in [3.63, 3.8) is 0 Å². The molecule has 0 atom stereocenters. The van der Waals surface area contributed by atoms with Gasteiger partial charge in [0.2, 0.25) is 5.91 Å². The summed E-state index contributed by atoms with van der Waals surface area (Å²) in [5.74, 6) is -0.177. The second-order valence-corrected chi connectivity index (χ2v) is 3.86. The van der Waals surface area contributed by atoms with Gasteiger partial charge in [-0.2, -0.15) is 0 Å². The van der Waals surface area contributed by atoms with Crippen LogP contribution in [-0.4, -0.2) is 49.6 Å². The molecule has 0 aromatic heterocycles. The maximum Gasteiger partial charge on any atom is 0.312 e. The van der Waals surface area contributed by atoms with E-state index in [2.05, 4.69) is 22.6 Å². The normalized spacial score (nSPS) is 18.5. The van der Waals surface area contributed by atoms with Crippen molar-refractivity contribution in [2.24, 2.45) is 5.73 Å². The standard InChI is InChI=1S/C9H18N4O2/c1-13-4-2-7(3-5-13)12-8(14)6-11-9(10)15/h7H,2-6H2,1H3,(H,12,14)(H3,10,11,15). The van der Waals surface area contributed by atoms with Crippen molar-refractivity contribution in [3.8, 4) is 0 Å².